The second-order valence-corrected chi connectivity index (χ2v) is 10.6. The lowest BCUT2D eigenvalue weighted by molar-refractivity contribution is -0.116. The number of nitrogens with one attached hydrogen (secondary N) is 1. The highest BCUT2D eigenvalue weighted by Crippen LogP contribution is 2.35. The Labute approximate surface area is 199 Å². The Morgan fingerprint density at radius 2 is 1.82 bits per heavy atom. The maximum atomic E-state index is 13.1. The predicted octanol–water partition coefficient (Wildman–Crippen LogP) is 3.54. The van der Waals surface area contributed by atoms with Gasteiger partial charge in [0.2, 0.25) is 15.9 Å². The van der Waals surface area contributed by atoms with Gasteiger partial charge in [-0.1, -0.05) is 24.3 Å². The number of amides is 1. The van der Waals surface area contributed by atoms with Crippen LogP contribution in [0.4, 0.5) is 5.69 Å². The van der Waals surface area contributed by atoms with Crippen molar-refractivity contribution in [3.8, 4) is 5.75 Å². The molecule has 34 heavy (non-hydrogen) atoms. The van der Waals surface area contributed by atoms with Crippen molar-refractivity contribution in [2.45, 2.75) is 30.6 Å². The number of nitrogens with zero attached hydrogens (tertiary/aromatic N) is 1. The molecule has 1 amide bonds. The van der Waals surface area contributed by atoms with Crippen molar-refractivity contribution in [1.29, 1.82) is 0 Å². The molecule has 3 aromatic rings. The second kappa shape index (κ2) is 9.37. The van der Waals surface area contributed by atoms with E-state index >= 15 is 0 Å². The highest BCUT2D eigenvalue weighted by atomic mass is 32.2. The van der Waals surface area contributed by atoms with E-state index in [1.54, 1.807) is 25.3 Å². The van der Waals surface area contributed by atoms with Gasteiger partial charge >= 0.3 is 0 Å². The van der Waals surface area contributed by atoms with Crippen molar-refractivity contribution < 1.29 is 22.7 Å². The fourth-order valence-electron chi connectivity index (χ4n) is 4.86. The Bertz CT molecular complexity index is 1340. The average Bonchev–Trinajstić information content (AvgIpc) is 3.29. The highest BCUT2D eigenvalue weighted by molar-refractivity contribution is 7.89. The van der Waals surface area contributed by atoms with E-state index in [0.717, 1.165) is 23.9 Å². The lowest BCUT2D eigenvalue weighted by Crippen LogP contribution is -2.40. The summed E-state index contributed by atoms with van der Waals surface area (Å²) in [7, 11) is -2.08. The van der Waals surface area contributed by atoms with Crippen molar-refractivity contribution >= 4 is 32.4 Å². The standard InChI is InChI=1S/C26H28N2O5S/c1-32-24-11-9-21(34(30,31)28-13-15-33-16-14-28)17-20(24)8-12-25(29)27-23-10-7-19-6-5-18-3-2-4-22(23)26(18)19/h2-4,7,9-11,17H,5-6,8,12-16H2,1H3,(H,27,29). The first-order valence-electron chi connectivity index (χ1n) is 11.6. The predicted molar refractivity (Wildman–Crippen MR) is 131 cm³/mol. The molecular formula is C26H28N2O5S. The molecule has 1 aliphatic carbocycles. The van der Waals surface area contributed by atoms with Crippen molar-refractivity contribution in [3.63, 3.8) is 0 Å². The minimum Gasteiger partial charge on any atom is -0.496 e. The van der Waals surface area contributed by atoms with Crippen LogP contribution in [0.5, 0.6) is 5.75 Å². The molecule has 0 aromatic heterocycles. The number of morpholine rings is 1. The van der Waals surface area contributed by atoms with Gasteiger partial charge in [-0.15, -0.1) is 0 Å². The molecule has 7 nitrogen and oxygen atoms in total. The Morgan fingerprint density at radius 3 is 2.59 bits per heavy atom. The molecular weight excluding hydrogens is 452 g/mol. The summed E-state index contributed by atoms with van der Waals surface area (Å²) in [5, 5.41) is 5.37. The van der Waals surface area contributed by atoms with E-state index in [2.05, 4.69) is 17.4 Å². The van der Waals surface area contributed by atoms with Crippen LogP contribution in [0.1, 0.15) is 23.1 Å². The van der Waals surface area contributed by atoms with E-state index < -0.39 is 10.0 Å². The number of benzene rings is 3. The summed E-state index contributed by atoms with van der Waals surface area (Å²) in [6, 6.07) is 15.1. The first-order chi connectivity index (χ1) is 16.5. The number of anilines is 1. The van der Waals surface area contributed by atoms with E-state index in [1.165, 1.54) is 20.8 Å². The van der Waals surface area contributed by atoms with Gasteiger partial charge in [0.15, 0.2) is 0 Å². The zero-order chi connectivity index (χ0) is 23.7. The topological polar surface area (TPSA) is 84.9 Å². The zero-order valence-corrected chi connectivity index (χ0v) is 20.0. The summed E-state index contributed by atoms with van der Waals surface area (Å²) in [5.74, 6) is 0.446. The summed E-state index contributed by atoms with van der Waals surface area (Å²) in [4.78, 5) is 13.1. The number of carbonyl (C=O) groups is 1. The van der Waals surface area contributed by atoms with Gasteiger partial charge in [0, 0.05) is 30.6 Å². The second-order valence-electron chi connectivity index (χ2n) is 8.65. The van der Waals surface area contributed by atoms with Gasteiger partial charge in [-0.25, -0.2) is 8.42 Å². The number of methoxy groups -OCH3 is 1. The number of sulfonamides is 1. The maximum Gasteiger partial charge on any atom is 0.243 e. The van der Waals surface area contributed by atoms with Crippen LogP contribution in [0.25, 0.3) is 10.8 Å². The Balaban J connectivity index is 1.33. The van der Waals surface area contributed by atoms with Crippen molar-refractivity contribution in [2.24, 2.45) is 0 Å². The van der Waals surface area contributed by atoms with Gasteiger partial charge in [0.05, 0.1) is 25.2 Å². The molecule has 178 valence electrons. The summed E-state index contributed by atoms with van der Waals surface area (Å²) < 4.78 is 38.3. The quantitative estimate of drug-likeness (QED) is 0.559. The van der Waals surface area contributed by atoms with E-state index in [-0.39, 0.29) is 17.2 Å². The van der Waals surface area contributed by atoms with Gasteiger partial charge in [-0.3, -0.25) is 4.79 Å². The third kappa shape index (κ3) is 4.29. The number of aryl methyl sites for hydroxylation is 3. The average molecular weight is 481 g/mol. The highest BCUT2D eigenvalue weighted by Gasteiger charge is 2.27. The van der Waals surface area contributed by atoms with Crippen LogP contribution in [0.2, 0.25) is 0 Å². The fourth-order valence-corrected chi connectivity index (χ4v) is 6.32. The van der Waals surface area contributed by atoms with Crippen molar-refractivity contribution in [1.82, 2.24) is 4.31 Å². The first-order valence-corrected chi connectivity index (χ1v) is 13.0. The monoisotopic (exact) mass is 480 g/mol. The molecule has 5 rings (SSSR count). The van der Waals surface area contributed by atoms with Gasteiger partial charge in [-0.2, -0.15) is 4.31 Å². The molecule has 0 radical (unpaired) electrons. The van der Waals surface area contributed by atoms with Crippen molar-refractivity contribution in [2.75, 3.05) is 38.7 Å². The molecule has 0 spiro atoms. The first kappa shape index (κ1) is 22.8. The van der Waals surface area contributed by atoms with Crippen LogP contribution in [0.3, 0.4) is 0 Å². The lowest BCUT2D eigenvalue weighted by Gasteiger charge is -2.26. The molecule has 3 aromatic carbocycles. The number of rotatable bonds is 7. The van der Waals surface area contributed by atoms with Gasteiger partial charge in [-0.05, 0) is 65.6 Å². The lowest BCUT2D eigenvalue weighted by atomic mass is 10.0. The number of ether oxygens (including phenoxy) is 2. The smallest absolute Gasteiger partial charge is 0.243 e. The number of carbonyl (C=O) groups excluding carboxylic acids is 1. The zero-order valence-electron chi connectivity index (χ0n) is 19.2. The van der Waals surface area contributed by atoms with Crippen LogP contribution in [0, 0.1) is 0 Å². The van der Waals surface area contributed by atoms with Crippen LogP contribution >= 0.6 is 0 Å². The molecule has 1 N–H and O–H groups in total. The summed E-state index contributed by atoms with van der Waals surface area (Å²) in [5.41, 5.74) is 4.15. The van der Waals surface area contributed by atoms with Gasteiger partial charge in [0.25, 0.3) is 0 Å². The molecule has 1 heterocycles. The van der Waals surface area contributed by atoms with E-state index in [0.29, 0.717) is 44.0 Å². The van der Waals surface area contributed by atoms with E-state index in [9.17, 15) is 13.2 Å². The normalized spacial score (nSPS) is 16.0. The SMILES string of the molecule is COc1ccc(S(=O)(=O)N2CCOCC2)cc1CCC(=O)Nc1ccc2c3c(cccc13)CC2. The molecule has 0 bridgehead atoms. The maximum absolute atomic E-state index is 13.1. The summed E-state index contributed by atoms with van der Waals surface area (Å²) >= 11 is 0. The molecule has 1 aliphatic heterocycles. The van der Waals surface area contributed by atoms with Gasteiger partial charge < -0.3 is 14.8 Å². The molecule has 0 saturated carbocycles. The summed E-state index contributed by atoms with van der Waals surface area (Å²) in [6.45, 7) is 1.44. The van der Waals surface area contributed by atoms with E-state index in [1.807, 2.05) is 18.2 Å². The number of hydrogen-bond acceptors (Lipinski definition) is 5. The van der Waals surface area contributed by atoms with Crippen LogP contribution in [-0.4, -0.2) is 52.0 Å². The third-order valence-corrected chi connectivity index (χ3v) is 8.53. The molecule has 0 unspecified atom stereocenters. The summed E-state index contributed by atoms with van der Waals surface area (Å²) in [6.07, 6.45) is 2.64. The third-order valence-electron chi connectivity index (χ3n) is 6.63. The Morgan fingerprint density at radius 1 is 1.06 bits per heavy atom. The molecule has 1 fully saturated rings. The minimum atomic E-state index is -3.63. The van der Waals surface area contributed by atoms with E-state index in [4.69, 9.17) is 9.47 Å². The Kier molecular flexibility index (Phi) is 6.29. The Hall–Kier alpha value is -2.94. The van der Waals surface area contributed by atoms with Crippen LogP contribution in [0.15, 0.2) is 53.4 Å². The molecule has 8 heteroatoms. The largest absolute Gasteiger partial charge is 0.496 e. The minimum absolute atomic E-state index is 0.123. The molecule has 2 aliphatic rings. The van der Waals surface area contributed by atoms with Crippen LogP contribution < -0.4 is 10.1 Å². The van der Waals surface area contributed by atoms with Crippen LogP contribution in [-0.2, 0) is 38.8 Å². The molecule has 1 saturated heterocycles. The van der Waals surface area contributed by atoms with Gasteiger partial charge in [0.1, 0.15) is 5.75 Å². The molecule has 0 atom stereocenters. The fraction of sp³-hybridized carbons (Fsp3) is 0.346. The van der Waals surface area contributed by atoms with Crippen molar-refractivity contribution in [3.05, 3.63) is 65.2 Å². The number of hydrogen-bond donors (Lipinski definition) is 1.